The molecule has 0 atom stereocenters. The van der Waals surface area contributed by atoms with Crippen molar-refractivity contribution in [2.24, 2.45) is 0 Å². The lowest BCUT2D eigenvalue weighted by Crippen LogP contribution is -2.09. The minimum Gasteiger partial charge on any atom is -0.478 e. The first-order valence-electron chi connectivity index (χ1n) is 5.50. The van der Waals surface area contributed by atoms with E-state index in [2.05, 4.69) is 20.5 Å². The van der Waals surface area contributed by atoms with Gasteiger partial charge in [-0.15, -0.1) is 10.2 Å². The highest BCUT2D eigenvalue weighted by atomic mass is 16.4. The van der Waals surface area contributed by atoms with Gasteiger partial charge < -0.3 is 15.0 Å². The molecule has 0 fully saturated rings. The number of hydrogen-bond acceptors (Lipinski definition) is 5. The molecule has 2 aromatic heterocycles. The smallest absolute Gasteiger partial charge is 0.335 e. The Balaban J connectivity index is 2.06. The summed E-state index contributed by atoms with van der Waals surface area (Å²) in [5, 5.41) is 19.7. The zero-order valence-electron chi connectivity index (χ0n) is 9.87. The Bertz CT molecular complexity index is 552. The van der Waals surface area contributed by atoms with Crippen molar-refractivity contribution in [1.82, 2.24) is 19.7 Å². The van der Waals surface area contributed by atoms with E-state index in [1.165, 1.54) is 18.3 Å². The van der Waals surface area contributed by atoms with E-state index in [9.17, 15) is 4.79 Å². The first kappa shape index (κ1) is 12.0. The van der Waals surface area contributed by atoms with E-state index < -0.39 is 5.97 Å². The first-order chi connectivity index (χ1) is 8.70. The van der Waals surface area contributed by atoms with Gasteiger partial charge in [0.2, 0.25) is 0 Å². The Hall–Kier alpha value is -2.44. The average molecular weight is 247 g/mol. The van der Waals surface area contributed by atoms with Gasteiger partial charge in [-0.1, -0.05) is 0 Å². The lowest BCUT2D eigenvalue weighted by atomic mass is 10.2. The zero-order valence-corrected chi connectivity index (χ0v) is 9.87. The number of carboxylic acid groups (broad SMARTS) is 1. The molecule has 2 heterocycles. The second-order valence-electron chi connectivity index (χ2n) is 3.62. The maximum Gasteiger partial charge on any atom is 0.335 e. The highest BCUT2D eigenvalue weighted by molar-refractivity contribution is 5.88. The third-order valence-electron chi connectivity index (χ3n) is 2.47. The van der Waals surface area contributed by atoms with Crippen LogP contribution >= 0.6 is 0 Å². The molecule has 7 nitrogen and oxygen atoms in total. The van der Waals surface area contributed by atoms with Crippen LogP contribution in [0.15, 0.2) is 24.7 Å². The Morgan fingerprint density at radius 2 is 2.39 bits per heavy atom. The first-order valence-corrected chi connectivity index (χ1v) is 5.50. The van der Waals surface area contributed by atoms with Crippen LogP contribution in [0.2, 0.25) is 0 Å². The zero-order chi connectivity index (χ0) is 13.0. The maximum atomic E-state index is 10.8. The van der Waals surface area contributed by atoms with E-state index in [-0.39, 0.29) is 5.56 Å². The molecule has 2 N–H and O–H groups in total. The fourth-order valence-corrected chi connectivity index (χ4v) is 1.51. The number of hydrogen-bond donors (Lipinski definition) is 2. The lowest BCUT2D eigenvalue weighted by Gasteiger charge is -2.06. The number of anilines is 1. The highest BCUT2D eigenvalue weighted by Crippen LogP contribution is 2.08. The molecule has 0 saturated heterocycles. The van der Waals surface area contributed by atoms with Crippen molar-refractivity contribution < 1.29 is 9.90 Å². The molecule has 2 aromatic rings. The van der Waals surface area contributed by atoms with Gasteiger partial charge in [-0.05, 0) is 19.1 Å². The van der Waals surface area contributed by atoms with Gasteiger partial charge in [0.15, 0.2) is 5.82 Å². The van der Waals surface area contributed by atoms with E-state index >= 15 is 0 Å². The summed E-state index contributed by atoms with van der Waals surface area (Å²) in [5.74, 6) is 0.303. The van der Waals surface area contributed by atoms with Crippen LogP contribution in [0, 0.1) is 0 Å². The molecule has 0 spiro atoms. The highest BCUT2D eigenvalue weighted by Gasteiger charge is 2.06. The monoisotopic (exact) mass is 247 g/mol. The Morgan fingerprint density at radius 1 is 1.56 bits per heavy atom. The maximum absolute atomic E-state index is 10.8. The molecule has 0 amide bonds. The van der Waals surface area contributed by atoms with E-state index in [1.807, 2.05) is 11.5 Å². The molecule has 0 bridgehead atoms. The van der Waals surface area contributed by atoms with E-state index in [0.717, 1.165) is 12.4 Å². The normalized spacial score (nSPS) is 10.3. The van der Waals surface area contributed by atoms with Crippen molar-refractivity contribution >= 4 is 11.8 Å². The Morgan fingerprint density at radius 3 is 3.11 bits per heavy atom. The van der Waals surface area contributed by atoms with Crippen molar-refractivity contribution in [3.05, 3.63) is 36.0 Å². The summed E-state index contributed by atoms with van der Waals surface area (Å²) in [7, 11) is 0. The van der Waals surface area contributed by atoms with Crippen LogP contribution in [0.3, 0.4) is 0 Å². The van der Waals surface area contributed by atoms with E-state index in [1.54, 1.807) is 6.33 Å². The summed E-state index contributed by atoms with van der Waals surface area (Å²) in [6, 6.07) is 2.93. The Labute approximate surface area is 104 Å². The molecular formula is C11H13N5O2. The molecule has 0 aliphatic carbocycles. The van der Waals surface area contributed by atoms with Crippen molar-refractivity contribution in [3.8, 4) is 0 Å². The largest absolute Gasteiger partial charge is 0.478 e. The SMILES string of the molecule is CCn1cnnc1CNc1cc(C(=O)O)ccn1. The molecule has 0 radical (unpaired) electrons. The van der Waals surface area contributed by atoms with Gasteiger partial charge in [-0.25, -0.2) is 9.78 Å². The molecule has 18 heavy (non-hydrogen) atoms. The number of aromatic nitrogens is 4. The number of pyridine rings is 1. The summed E-state index contributed by atoms with van der Waals surface area (Å²) >= 11 is 0. The van der Waals surface area contributed by atoms with Crippen molar-refractivity contribution in [3.63, 3.8) is 0 Å². The second-order valence-corrected chi connectivity index (χ2v) is 3.62. The Kier molecular flexibility index (Phi) is 3.52. The van der Waals surface area contributed by atoms with Crippen molar-refractivity contribution in [2.45, 2.75) is 20.0 Å². The number of aromatic carboxylic acids is 1. The summed E-state index contributed by atoms with van der Waals surface area (Å²) < 4.78 is 1.90. The lowest BCUT2D eigenvalue weighted by molar-refractivity contribution is 0.0697. The average Bonchev–Trinajstić information content (AvgIpc) is 2.84. The number of nitrogens with one attached hydrogen (secondary N) is 1. The summed E-state index contributed by atoms with van der Waals surface area (Å²) in [6.45, 7) is 3.23. The quantitative estimate of drug-likeness (QED) is 0.818. The fraction of sp³-hybridized carbons (Fsp3) is 0.273. The molecule has 94 valence electrons. The number of aryl methyl sites for hydroxylation is 1. The molecule has 0 aliphatic rings. The molecular weight excluding hydrogens is 234 g/mol. The van der Waals surface area contributed by atoms with Crippen LogP contribution in [0.5, 0.6) is 0 Å². The van der Waals surface area contributed by atoms with Crippen LogP contribution in [-0.2, 0) is 13.1 Å². The molecule has 7 heteroatoms. The van der Waals surface area contributed by atoms with Crippen LogP contribution < -0.4 is 5.32 Å². The molecule has 0 aliphatic heterocycles. The predicted molar refractivity (Wildman–Crippen MR) is 64.2 cm³/mol. The van der Waals surface area contributed by atoms with Crippen LogP contribution in [-0.4, -0.2) is 30.8 Å². The van der Waals surface area contributed by atoms with Crippen LogP contribution in [0.4, 0.5) is 5.82 Å². The number of carbonyl (C=O) groups is 1. The van der Waals surface area contributed by atoms with Gasteiger partial charge in [0, 0.05) is 12.7 Å². The van der Waals surface area contributed by atoms with Crippen molar-refractivity contribution in [1.29, 1.82) is 0 Å². The number of rotatable bonds is 5. The third kappa shape index (κ3) is 2.62. The summed E-state index contributed by atoms with van der Waals surface area (Å²) in [5.41, 5.74) is 0.199. The van der Waals surface area contributed by atoms with Gasteiger partial charge in [-0.2, -0.15) is 0 Å². The van der Waals surface area contributed by atoms with E-state index in [4.69, 9.17) is 5.11 Å². The van der Waals surface area contributed by atoms with Gasteiger partial charge in [0.1, 0.15) is 12.1 Å². The minimum atomic E-state index is -0.975. The fourth-order valence-electron chi connectivity index (χ4n) is 1.51. The van der Waals surface area contributed by atoms with Gasteiger partial charge in [0.05, 0.1) is 12.1 Å². The third-order valence-corrected chi connectivity index (χ3v) is 2.47. The molecule has 0 saturated carbocycles. The standard InChI is InChI=1S/C11H13N5O2/c1-2-16-7-14-15-10(16)6-13-9-5-8(11(17)18)3-4-12-9/h3-5,7H,2,6H2,1H3,(H,12,13)(H,17,18). The minimum absolute atomic E-state index is 0.199. The number of nitrogens with zero attached hydrogens (tertiary/aromatic N) is 4. The van der Waals surface area contributed by atoms with Crippen molar-refractivity contribution in [2.75, 3.05) is 5.32 Å². The molecule has 2 rings (SSSR count). The van der Waals surface area contributed by atoms with Crippen LogP contribution in [0.1, 0.15) is 23.1 Å². The van der Waals surface area contributed by atoms with Gasteiger partial charge in [0.25, 0.3) is 0 Å². The predicted octanol–water partition coefficient (Wildman–Crippen LogP) is 1.00. The summed E-state index contributed by atoms with van der Waals surface area (Å²) in [6.07, 6.45) is 3.11. The topological polar surface area (TPSA) is 92.9 Å². The van der Waals surface area contributed by atoms with Gasteiger partial charge >= 0.3 is 5.97 Å². The number of carboxylic acids is 1. The van der Waals surface area contributed by atoms with E-state index in [0.29, 0.717) is 12.4 Å². The van der Waals surface area contributed by atoms with Crippen LogP contribution in [0.25, 0.3) is 0 Å². The molecule has 0 unspecified atom stereocenters. The second kappa shape index (κ2) is 5.26. The summed E-state index contributed by atoms with van der Waals surface area (Å²) in [4.78, 5) is 14.8. The van der Waals surface area contributed by atoms with Gasteiger partial charge in [-0.3, -0.25) is 0 Å². The molecule has 0 aromatic carbocycles.